The maximum atomic E-state index is 13.3. The number of sulfonamides is 1. The van der Waals surface area contributed by atoms with Gasteiger partial charge in [0, 0.05) is 5.56 Å². The molecular weight excluding hydrogens is 436 g/mol. The molecule has 3 N–H and O–H groups in total. The molecule has 0 aliphatic carbocycles. The molecule has 3 aromatic carbocycles. The zero-order valence-corrected chi connectivity index (χ0v) is 20.6. The van der Waals surface area contributed by atoms with Gasteiger partial charge in [0.1, 0.15) is 5.75 Å². The minimum absolute atomic E-state index is 0.00564. The molecule has 3 aromatic rings. The summed E-state index contributed by atoms with van der Waals surface area (Å²) in [6.45, 7) is 9.80. The molecule has 0 fully saturated rings. The van der Waals surface area contributed by atoms with Crippen molar-refractivity contribution in [2.24, 2.45) is 0 Å². The second-order valence-electron chi connectivity index (χ2n) is 9.42. The Kier molecular flexibility index (Phi) is 6.56. The van der Waals surface area contributed by atoms with Crippen LogP contribution in [0.25, 0.3) is 11.1 Å². The van der Waals surface area contributed by atoms with Gasteiger partial charge in [-0.2, -0.15) is 0 Å². The summed E-state index contributed by atoms with van der Waals surface area (Å²) in [4.78, 5) is 13.3. The van der Waals surface area contributed by atoms with Gasteiger partial charge in [-0.3, -0.25) is 9.52 Å². The van der Waals surface area contributed by atoms with E-state index in [0.29, 0.717) is 5.56 Å². The molecule has 0 saturated heterocycles. The lowest BCUT2D eigenvalue weighted by Gasteiger charge is -2.23. The van der Waals surface area contributed by atoms with Gasteiger partial charge < -0.3 is 10.4 Å². The van der Waals surface area contributed by atoms with Crippen LogP contribution in [-0.2, 0) is 15.4 Å². The fraction of sp³-hybridized carbons (Fsp3) is 0.269. The molecule has 174 valence electrons. The number of phenolic OH excluding ortho intramolecular Hbond substituents is 1. The zero-order valence-electron chi connectivity index (χ0n) is 19.8. The van der Waals surface area contributed by atoms with Gasteiger partial charge in [0.2, 0.25) is 10.0 Å². The van der Waals surface area contributed by atoms with Crippen LogP contribution in [0.4, 0.5) is 11.4 Å². The first kappa shape index (κ1) is 24.3. The van der Waals surface area contributed by atoms with Crippen molar-refractivity contribution in [1.29, 1.82) is 0 Å². The van der Waals surface area contributed by atoms with Gasteiger partial charge in [-0.05, 0) is 54.2 Å². The summed E-state index contributed by atoms with van der Waals surface area (Å²) in [5, 5.41) is 13.6. The highest BCUT2D eigenvalue weighted by Gasteiger charge is 2.23. The molecule has 0 aliphatic rings. The number of rotatable bonds is 5. The van der Waals surface area contributed by atoms with Gasteiger partial charge >= 0.3 is 0 Å². The van der Waals surface area contributed by atoms with Gasteiger partial charge in [-0.1, -0.05) is 62.7 Å². The molecule has 0 aromatic heterocycles. The second kappa shape index (κ2) is 8.90. The number of amides is 1. The van der Waals surface area contributed by atoms with Crippen molar-refractivity contribution in [3.63, 3.8) is 0 Å². The van der Waals surface area contributed by atoms with E-state index in [1.165, 1.54) is 0 Å². The van der Waals surface area contributed by atoms with E-state index >= 15 is 0 Å². The number of phenols is 1. The monoisotopic (exact) mass is 466 g/mol. The van der Waals surface area contributed by atoms with Crippen LogP contribution in [-0.4, -0.2) is 25.7 Å². The highest BCUT2D eigenvalue weighted by atomic mass is 32.2. The Bertz CT molecular complexity index is 1320. The van der Waals surface area contributed by atoms with Crippen molar-refractivity contribution in [2.45, 2.75) is 40.0 Å². The maximum Gasteiger partial charge on any atom is 0.257 e. The molecule has 0 heterocycles. The zero-order chi connectivity index (χ0) is 24.6. The van der Waals surface area contributed by atoms with Gasteiger partial charge in [0.25, 0.3) is 5.91 Å². The van der Waals surface area contributed by atoms with E-state index in [-0.39, 0.29) is 28.1 Å². The highest BCUT2D eigenvalue weighted by molar-refractivity contribution is 7.92. The Morgan fingerprint density at radius 2 is 1.55 bits per heavy atom. The maximum absolute atomic E-state index is 13.3. The van der Waals surface area contributed by atoms with E-state index in [9.17, 15) is 18.3 Å². The Balaban J connectivity index is 2.09. The number of hydrogen-bond donors (Lipinski definition) is 3. The summed E-state index contributed by atoms with van der Waals surface area (Å²) in [7, 11) is -3.61. The topological polar surface area (TPSA) is 95.5 Å². The molecule has 0 saturated carbocycles. The Morgan fingerprint density at radius 3 is 2.15 bits per heavy atom. The van der Waals surface area contributed by atoms with Gasteiger partial charge in [0.15, 0.2) is 0 Å². The van der Waals surface area contributed by atoms with Crippen LogP contribution >= 0.6 is 0 Å². The predicted octanol–water partition coefficient (Wildman–Crippen LogP) is 5.60. The van der Waals surface area contributed by atoms with E-state index in [0.717, 1.165) is 28.5 Å². The lowest BCUT2D eigenvalue weighted by Crippen LogP contribution is -2.19. The summed E-state index contributed by atoms with van der Waals surface area (Å²) in [5.41, 5.74) is 4.59. The molecule has 0 spiro atoms. The standard InChI is InChI=1S/C26H30N2O4S/c1-16-8-7-9-18(12-16)19-10-11-22(28-33(6,31)32)20(15-19)25(30)27-23-14-17(2)13-21(24(23)29)26(3,4)5/h7-15,28-29H,1-6H3,(H,27,30). The van der Waals surface area contributed by atoms with Gasteiger partial charge in [0.05, 0.1) is 23.2 Å². The Morgan fingerprint density at radius 1 is 0.879 bits per heavy atom. The minimum Gasteiger partial charge on any atom is -0.505 e. The van der Waals surface area contributed by atoms with Crippen LogP contribution in [0, 0.1) is 13.8 Å². The number of nitrogens with one attached hydrogen (secondary N) is 2. The van der Waals surface area contributed by atoms with Crippen LogP contribution < -0.4 is 10.0 Å². The first-order valence-corrected chi connectivity index (χ1v) is 12.5. The molecule has 0 bridgehead atoms. The second-order valence-corrected chi connectivity index (χ2v) is 11.2. The lowest BCUT2D eigenvalue weighted by atomic mass is 9.85. The van der Waals surface area contributed by atoms with Crippen molar-refractivity contribution in [2.75, 3.05) is 16.3 Å². The van der Waals surface area contributed by atoms with Gasteiger partial charge in [-0.25, -0.2) is 8.42 Å². The summed E-state index contributed by atoms with van der Waals surface area (Å²) in [6, 6.07) is 16.4. The number of aromatic hydroxyl groups is 1. The molecule has 0 aliphatic heterocycles. The molecular formula is C26H30N2O4S. The van der Waals surface area contributed by atoms with Crippen molar-refractivity contribution in [3.8, 4) is 16.9 Å². The van der Waals surface area contributed by atoms with Crippen LogP contribution in [0.2, 0.25) is 0 Å². The molecule has 33 heavy (non-hydrogen) atoms. The van der Waals surface area contributed by atoms with Crippen LogP contribution in [0.5, 0.6) is 5.75 Å². The average molecular weight is 467 g/mol. The molecule has 0 radical (unpaired) electrons. The third kappa shape index (κ3) is 5.93. The number of anilines is 2. The fourth-order valence-electron chi connectivity index (χ4n) is 3.66. The lowest BCUT2D eigenvalue weighted by molar-refractivity contribution is 0.102. The summed E-state index contributed by atoms with van der Waals surface area (Å²) in [5.74, 6) is -0.537. The number of aryl methyl sites for hydroxylation is 2. The third-order valence-electron chi connectivity index (χ3n) is 5.22. The molecule has 0 atom stereocenters. The molecule has 6 nitrogen and oxygen atoms in total. The first-order chi connectivity index (χ1) is 15.2. The summed E-state index contributed by atoms with van der Waals surface area (Å²) in [6.07, 6.45) is 1.03. The number of hydrogen-bond acceptors (Lipinski definition) is 4. The number of carbonyl (C=O) groups is 1. The van der Waals surface area contributed by atoms with Crippen molar-refractivity contribution in [1.82, 2.24) is 0 Å². The summed E-state index contributed by atoms with van der Waals surface area (Å²) < 4.78 is 26.2. The van der Waals surface area contributed by atoms with E-state index in [1.807, 2.05) is 65.0 Å². The largest absolute Gasteiger partial charge is 0.505 e. The van der Waals surface area contributed by atoms with E-state index in [1.54, 1.807) is 24.3 Å². The molecule has 0 unspecified atom stereocenters. The van der Waals surface area contributed by atoms with Crippen molar-refractivity contribution < 1.29 is 18.3 Å². The third-order valence-corrected chi connectivity index (χ3v) is 5.81. The first-order valence-electron chi connectivity index (χ1n) is 10.6. The van der Waals surface area contributed by atoms with Crippen molar-refractivity contribution >= 4 is 27.3 Å². The highest BCUT2D eigenvalue weighted by Crippen LogP contribution is 2.38. The van der Waals surface area contributed by atoms with Crippen LogP contribution in [0.3, 0.4) is 0 Å². The van der Waals surface area contributed by atoms with E-state index in [2.05, 4.69) is 10.0 Å². The SMILES string of the molecule is Cc1cccc(-c2ccc(NS(C)(=O)=O)c(C(=O)Nc3cc(C)cc(C(C)(C)C)c3O)c2)c1. The van der Waals surface area contributed by atoms with Crippen LogP contribution in [0.1, 0.15) is 47.8 Å². The predicted molar refractivity (Wildman–Crippen MR) is 135 cm³/mol. The van der Waals surface area contributed by atoms with E-state index < -0.39 is 15.9 Å². The molecule has 3 rings (SSSR count). The minimum atomic E-state index is -3.61. The van der Waals surface area contributed by atoms with Gasteiger partial charge in [-0.15, -0.1) is 0 Å². The molecule has 7 heteroatoms. The smallest absolute Gasteiger partial charge is 0.257 e. The van der Waals surface area contributed by atoms with Crippen LogP contribution in [0.15, 0.2) is 54.6 Å². The Labute approximate surface area is 195 Å². The molecule has 1 amide bonds. The van der Waals surface area contributed by atoms with E-state index in [4.69, 9.17) is 0 Å². The fourth-order valence-corrected chi connectivity index (χ4v) is 4.24. The summed E-state index contributed by atoms with van der Waals surface area (Å²) >= 11 is 0. The van der Waals surface area contributed by atoms with Crippen molar-refractivity contribution in [3.05, 3.63) is 76.9 Å². The average Bonchev–Trinajstić information content (AvgIpc) is 2.68. The number of carbonyl (C=O) groups excluding carboxylic acids is 1. The number of benzene rings is 3. The Hall–Kier alpha value is -3.32. The quantitative estimate of drug-likeness (QED) is 0.427. The normalized spacial score (nSPS) is 11.8.